The lowest BCUT2D eigenvalue weighted by Crippen LogP contribution is -2.57. The molecule has 0 aliphatic heterocycles. The molecule has 5 heteroatoms. The van der Waals surface area contributed by atoms with Gasteiger partial charge in [0.2, 0.25) is 0 Å². The quantitative estimate of drug-likeness (QED) is 0.670. The van der Waals surface area contributed by atoms with Crippen molar-refractivity contribution in [1.29, 1.82) is 0 Å². The topological polar surface area (TPSA) is 69.6 Å². The zero-order valence-corrected chi connectivity index (χ0v) is 13.0. The number of aliphatic carboxylic acids is 1. The third kappa shape index (κ3) is 4.97. The van der Waals surface area contributed by atoms with Crippen molar-refractivity contribution in [3.8, 4) is 0 Å². The maximum absolute atomic E-state index is 11.6. The van der Waals surface area contributed by atoms with Crippen LogP contribution in [-0.4, -0.2) is 45.4 Å². The lowest BCUT2D eigenvalue weighted by Gasteiger charge is -2.39. The predicted molar refractivity (Wildman–Crippen MR) is 79.6 cm³/mol. The van der Waals surface area contributed by atoms with Crippen LogP contribution in [0.25, 0.3) is 0 Å². The second kappa shape index (κ2) is 7.50. The van der Waals surface area contributed by atoms with Crippen LogP contribution in [0.5, 0.6) is 0 Å². The standard InChI is InChI=1S/C14H27NO3S/c1-10(2)15-14(13(17)18)6-4-5-12(7-14)19-9-11(3)8-16/h10-12,15-16H,4-9H2,1-3H3,(H,17,18). The van der Waals surface area contributed by atoms with Gasteiger partial charge in [0.1, 0.15) is 5.54 Å². The van der Waals surface area contributed by atoms with Gasteiger partial charge in [0.15, 0.2) is 0 Å². The summed E-state index contributed by atoms with van der Waals surface area (Å²) in [5, 5.41) is 22.3. The monoisotopic (exact) mass is 289 g/mol. The molecular formula is C14H27NO3S. The summed E-state index contributed by atoms with van der Waals surface area (Å²) in [6.45, 7) is 6.21. The molecule has 0 aromatic carbocycles. The van der Waals surface area contributed by atoms with E-state index in [0.29, 0.717) is 18.1 Å². The van der Waals surface area contributed by atoms with Gasteiger partial charge < -0.3 is 10.2 Å². The van der Waals surface area contributed by atoms with Gasteiger partial charge in [-0.05, 0) is 51.2 Å². The molecule has 0 bridgehead atoms. The van der Waals surface area contributed by atoms with E-state index in [1.807, 2.05) is 32.5 Å². The van der Waals surface area contributed by atoms with Crippen molar-refractivity contribution >= 4 is 17.7 Å². The van der Waals surface area contributed by atoms with Crippen molar-refractivity contribution in [2.75, 3.05) is 12.4 Å². The molecule has 1 rings (SSSR count). The Bertz CT molecular complexity index is 298. The highest BCUT2D eigenvalue weighted by molar-refractivity contribution is 7.99. The Hall–Kier alpha value is -0.260. The first-order valence-corrected chi connectivity index (χ1v) is 8.18. The van der Waals surface area contributed by atoms with Crippen LogP contribution in [0.1, 0.15) is 46.5 Å². The van der Waals surface area contributed by atoms with Crippen LogP contribution in [-0.2, 0) is 4.79 Å². The van der Waals surface area contributed by atoms with Gasteiger partial charge in [0, 0.05) is 17.9 Å². The highest BCUT2D eigenvalue weighted by Gasteiger charge is 2.43. The summed E-state index contributed by atoms with van der Waals surface area (Å²) >= 11 is 1.81. The molecule has 19 heavy (non-hydrogen) atoms. The van der Waals surface area contributed by atoms with Crippen LogP contribution in [0.2, 0.25) is 0 Å². The Balaban J connectivity index is 2.61. The van der Waals surface area contributed by atoms with Crippen molar-refractivity contribution in [3.05, 3.63) is 0 Å². The molecule has 1 fully saturated rings. The number of carboxylic acids is 1. The zero-order chi connectivity index (χ0) is 14.5. The number of nitrogens with one attached hydrogen (secondary N) is 1. The summed E-state index contributed by atoms with van der Waals surface area (Å²) in [7, 11) is 0. The summed E-state index contributed by atoms with van der Waals surface area (Å²) in [6, 6.07) is 0.177. The number of hydrogen-bond donors (Lipinski definition) is 3. The van der Waals surface area contributed by atoms with E-state index in [-0.39, 0.29) is 18.6 Å². The summed E-state index contributed by atoms with van der Waals surface area (Å²) < 4.78 is 0. The molecule has 3 N–H and O–H groups in total. The van der Waals surface area contributed by atoms with E-state index >= 15 is 0 Å². The fourth-order valence-electron chi connectivity index (χ4n) is 2.66. The third-order valence-corrected chi connectivity index (χ3v) is 5.24. The number of thioether (sulfide) groups is 1. The maximum Gasteiger partial charge on any atom is 0.323 e. The van der Waals surface area contributed by atoms with Crippen LogP contribution >= 0.6 is 11.8 Å². The molecule has 1 saturated carbocycles. The van der Waals surface area contributed by atoms with Crippen molar-refractivity contribution in [2.24, 2.45) is 5.92 Å². The summed E-state index contributed by atoms with van der Waals surface area (Å²) in [4.78, 5) is 11.6. The minimum absolute atomic E-state index is 0.177. The van der Waals surface area contributed by atoms with Crippen molar-refractivity contribution in [2.45, 2.75) is 63.3 Å². The Kier molecular flexibility index (Phi) is 6.63. The SMILES string of the molecule is CC(CO)CSC1CCCC(NC(C)C)(C(=O)O)C1. The van der Waals surface area contributed by atoms with Crippen LogP contribution in [0, 0.1) is 5.92 Å². The smallest absolute Gasteiger partial charge is 0.323 e. The van der Waals surface area contributed by atoms with Gasteiger partial charge in [-0.2, -0.15) is 11.8 Å². The molecule has 0 aromatic heterocycles. The number of aliphatic hydroxyl groups excluding tert-OH is 1. The zero-order valence-electron chi connectivity index (χ0n) is 12.2. The molecule has 112 valence electrons. The first-order chi connectivity index (χ1) is 8.89. The molecule has 3 atom stereocenters. The van der Waals surface area contributed by atoms with E-state index in [1.54, 1.807) is 0 Å². The molecule has 1 aliphatic rings. The predicted octanol–water partition coefficient (Wildman–Crippen LogP) is 2.11. The number of rotatable bonds is 7. The summed E-state index contributed by atoms with van der Waals surface area (Å²) in [5.74, 6) is 0.462. The normalized spacial score (nSPS) is 29.4. The van der Waals surface area contributed by atoms with Gasteiger partial charge in [-0.15, -0.1) is 0 Å². The minimum atomic E-state index is -0.757. The van der Waals surface area contributed by atoms with Gasteiger partial charge in [0.05, 0.1) is 0 Å². The number of aliphatic hydroxyl groups is 1. The summed E-state index contributed by atoms with van der Waals surface area (Å²) in [6.07, 6.45) is 3.44. The lowest BCUT2D eigenvalue weighted by molar-refractivity contribution is -0.146. The maximum atomic E-state index is 11.6. The van der Waals surface area contributed by atoms with Crippen LogP contribution in [0.4, 0.5) is 0 Å². The first-order valence-electron chi connectivity index (χ1n) is 7.13. The number of carbonyl (C=O) groups is 1. The largest absolute Gasteiger partial charge is 0.480 e. The van der Waals surface area contributed by atoms with Crippen molar-refractivity contribution in [3.63, 3.8) is 0 Å². The molecule has 0 heterocycles. The van der Waals surface area contributed by atoms with E-state index in [0.717, 1.165) is 18.6 Å². The minimum Gasteiger partial charge on any atom is -0.480 e. The molecule has 0 aromatic rings. The van der Waals surface area contributed by atoms with Crippen LogP contribution < -0.4 is 5.32 Å². The van der Waals surface area contributed by atoms with Gasteiger partial charge in [0.25, 0.3) is 0 Å². The van der Waals surface area contributed by atoms with E-state index in [1.165, 1.54) is 0 Å². The van der Waals surface area contributed by atoms with Crippen LogP contribution in [0.15, 0.2) is 0 Å². The Morgan fingerprint density at radius 1 is 1.47 bits per heavy atom. The highest BCUT2D eigenvalue weighted by atomic mass is 32.2. The molecule has 0 saturated heterocycles. The van der Waals surface area contributed by atoms with E-state index in [4.69, 9.17) is 5.11 Å². The molecule has 1 aliphatic carbocycles. The number of hydrogen-bond acceptors (Lipinski definition) is 4. The molecule has 0 radical (unpaired) electrons. The fraction of sp³-hybridized carbons (Fsp3) is 0.929. The molecule has 0 spiro atoms. The van der Waals surface area contributed by atoms with Crippen molar-refractivity contribution < 1.29 is 15.0 Å². The Labute approximate surface area is 120 Å². The molecule has 3 unspecified atom stereocenters. The molecular weight excluding hydrogens is 262 g/mol. The van der Waals surface area contributed by atoms with Crippen molar-refractivity contribution in [1.82, 2.24) is 5.32 Å². The van der Waals surface area contributed by atoms with Gasteiger partial charge in [-0.3, -0.25) is 10.1 Å². The highest BCUT2D eigenvalue weighted by Crippen LogP contribution is 2.36. The van der Waals surface area contributed by atoms with Crippen LogP contribution in [0.3, 0.4) is 0 Å². The lowest BCUT2D eigenvalue weighted by atomic mass is 9.81. The second-order valence-corrected chi connectivity index (χ2v) is 7.36. The summed E-state index contributed by atoms with van der Waals surface area (Å²) in [5.41, 5.74) is -0.757. The Morgan fingerprint density at radius 2 is 2.16 bits per heavy atom. The van der Waals surface area contributed by atoms with E-state index in [2.05, 4.69) is 5.32 Å². The van der Waals surface area contributed by atoms with Gasteiger partial charge >= 0.3 is 5.97 Å². The molecule has 4 nitrogen and oxygen atoms in total. The van der Waals surface area contributed by atoms with Gasteiger partial charge in [-0.1, -0.05) is 6.92 Å². The average Bonchev–Trinajstić information content (AvgIpc) is 2.35. The molecule has 0 amide bonds. The number of carboxylic acid groups (broad SMARTS) is 1. The second-order valence-electron chi connectivity index (χ2n) is 6.03. The third-order valence-electron chi connectivity index (χ3n) is 3.61. The van der Waals surface area contributed by atoms with Gasteiger partial charge in [-0.25, -0.2) is 0 Å². The van der Waals surface area contributed by atoms with E-state index in [9.17, 15) is 9.90 Å². The first kappa shape index (κ1) is 16.8. The average molecular weight is 289 g/mol. The Morgan fingerprint density at radius 3 is 2.68 bits per heavy atom. The fourth-order valence-corrected chi connectivity index (χ4v) is 4.10. The van der Waals surface area contributed by atoms with E-state index < -0.39 is 11.5 Å².